The first-order valence-corrected chi connectivity index (χ1v) is 3.62. The first-order chi connectivity index (χ1) is 5.79. The van der Waals surface area contributed by atoms with Crippen molar-refractivity contribution in [2.75, 3.05) is 12.4 Å². The summed E-state index contributed by atoms with van der Waals surface area (Å²) in [6, 6.07) is 5.60. The second-order valence-electron chi connectivity index (χ2n) is 2.41. The molecule has 0 aliphatic carbocycles. The van der Waals surface area contributed by atoms with E-state index in [0.717, 1.165) is 11.3 Å². The molecule has 1 rings (SSSR count). The van der Waals surface area contributed by atoms with Crippen LogP contribution in [0.2, 0.25) is 0 Å². The van der Waals surface area contributed by atoms with Gasteiger partial charge in [-0.05, 0) is 18.0 Å². The van der Waals surface area contributed by atoms with Crippen molar-refractivity contribution in [2.24, 2.45) is 5.11 Å². The van der Waals surface area contributed by atoms with Crippen LogP contribution in [0.25, 0.3) is 10.4 Å². The van der Waals surface area contributed by atoms with Crippen molar-refractivity contribution in [3.63, 3.8) is 0 Å². The van der Waals surface area contributed by atoms with Gasteiger partial charge in [0.2, 0.25) is 0 Å². The number of nitrogens with zero attached hydrogens (tertiary/aromatic N) is 3. The van der Waals surface area contributed by atoms with Crippen molar-refractivity contribution in [3.8, 4) is 0 Å². The molecule has 0 spiro atoms. The molecule has 0 fully saturated rings. The Labute approximate surface area is 70.8 Å². The SMILES string of the molecule is CNc1c(C)cccc1N=[N+]=[N-]. The molecule has 1 aromatic carbocycles. The lowest BCUT2D eigenvalue weighted by Gasteiger charge is -2.06. The maximum atomic E-state index is 8.26. The second-order valence-corrected chi connectivity index (χ2v) is 2.41. The van der Waals surface area contributed by atoms with Crippen LogP contribution in [0.4, 0.5) is 11.4 Å². The number of azide groups is 1. The number of hydrogen-bond donors (Lipinski definition) is 1. The third-order valence-electron chi connectivity index (χ3n) is 1.65. The second kappa shape index (κ2) is 3.64. The molecule has 0 heterocycles. The van der Waals surface area contributed by atoms with Crippen molar-refractivity contribution in [2.45, 2.75) is 6.92 Å². The predicted molar refractivity (Wildman–Crippen MR) is 49.5 cm³/mol. The molecule has 0 aliphatic heterocycles. The Morgan fingerprint density at radius 2 is 2.25 bits per heavy atom. The first-order valence-electron chi connectivity index (χ1n) is 3.62. The predicted octanol–water partition coefficient (Wildman–Crippen LogP) is 2.98. The summed E-state index contributed by atoms with van der Waals surface area (Å²) >= 11 is 0. The zero-order valence-electron chi connectivity index (χ0n) is 7.07. The fourth-order valence-electron chi connectivity index (χ4n) is 1.11. The number of para-hydroxylation sites is 1. The summed E-state index contributed by atoms with van der Waals surface area (Å²) in [5, 5.41) is 6.54. The number of aryl methyl sites for hydroxylation is 1. The van der Waals surface area contributed by atoms with E-state index in [0.29, 0.717) is 5.69 Å². The van der Waals surface area contributed by atoms with Crippen LogP contribution in [0.1, 0.15) is 5.56 Å². The van der Waals surface area contributed by atoms with Gasteiger partial charge in [0, 0.05) is 17.6 Å². The number of anilines is 1. The van der Waals surface area contributed by atoms with E-state index < -0.39 is 0 Å². The van der Waals surface area contributed by atoms with Crippen LogP contribution < -0.4 is 5.32 Å². The molecule has 0 aliphatic rings. The summed E-state index contributed by atoms with van der Waals surface area (Å²) in [7, 11) is 1.80. The van der Waals surface area contributed by atoms with Crippen LogP contribution in [0.3, 0.4) is 0 Å². The molecule has 0 unspecified atom stereocenters. The molecule has 12 heavy (non-hydrogen) atoms. The Kier molecular flexibility index (Phi) is 2.56. The molecule has 0 aromatic heterocycles. The largest absolute Gasteiger partial charge is 0.388 e. The van der Waals surface area contributed by atoms with Gasteiger partial charge in [-0.25, -0.2) is 0 Å². The van der Waals surface area contributed by atoms with E-state index in [2.05, 4.69) is 15.3 Å². The Bertz CT molecular complexity index is 326. The molecule has 0 amide bonds. The van der Waals surface area contributed by atoms with Gasteiger partial charge in [0.25, 0.3) is 0 Å². The third kappa shape index (κ3) is 1.49. The van der Waals surface area contributed by atoms with Crippen molar-refractivity contribution >= 4 is 11.4 Å². The highest BCUT2D eigenvalue weighted by Crippen LogP contribution is 2.27. The fourth-order valence-corrected chi connectivity index (χ4v) is 1.11. The van der Waals surface area contributed by atoms with Gasteiger partial charge in [-0.15, -0.1) is 0 Å². The lowest BCUT2D eigenvalue weighted by Crippen LogP contribution is -1.90. The molecule has 1 N–H and O–H groups in total. The zero-order valence-corrected chi connectivity index (χ0v) is 7.07. The van der Waals surface area contributed by atoms with Crippen molar-refractivity contribution < 1.29 is 0 Å². The number of rotatable bonds is 2. The maximum Gasteiger partial charge on any atom is 0.0609 e. The molecule has 4 nitrogen and oxygen atoms in total. The monoisotopic (exact) mass is 162 g/mol. The maximum absolute atomic E-state index is 8.26. The lowest BCUT2D eigenvalue weighted by molar-refractivity contribution is 1.36. The van der Waals surface area contributed by atoms with Gasteiger partial charge in [0.15, 0.2) is 0 Å². The Morgan fingerprint density at radius 1 is 1.50 bits per heavy atom. The minimum Gasteiger partial charge on any atom is -0.388 e. The van der Waals surface area contributed by atoms with Crippen LogP contribution in [0.15, 0.2) is 23.3 Å². The highest BCUT2D eigenvalue weighted by atomic mass is 15.1. The average molecular weight is 162 g/mol. The van der Waals surface area contributed by atoms with Crippen LogP contribution in [0, 0.1) is 6.92 Å². The summed E-state index contributed by atoms with van der Waals surface area (Å²) in [5.74, 6) is 0. The summed E-state index contributed by atoms with van der Waals surface area (Å²) < 4.78 is 0. The number of hydrogen-bond acceptors (Lipinski definition) is 2. The van der Waals surface area contributed by atoms with Gasteiger partial charge in [-0.2, -0.15) is 0 Å². The number of nitrogens with one attached hydrogen (secondary N) is 1. The number of benzene rings is 1. The first kappa shape index (κ1) is 8.43. The molecule has 0 saturated heterocycles. The van der Waals surface area contributed by atoms with E-state index in [9.17, 15) is 0 Å². The van der Waals surface area contributed by atoms with Crippen molar-refractivity contribution in [1.29, 1.82) is 0 Å². The van der Waals surface area contributed by atoms with E-state index in [1.54, 1.807) is 13.1 Å². The molecule has 62 valence electrons. The summed E-state index contributed by atoms with van der Waals surface area (Å²) in [5.41, 5.74) is 10.9. The van der Waals surface area contributed by atoms with E-state index in [4.69, 9.17) is 5.53 Å². The van der Waals surface area contributed by atoms with Gasteiger partial charge in [-0.1, -0.05) is 23.3 Å². The molecule has 0 saturated carbocycles. The molecule has 0 radical (unpaired) electrons. The van der Waals surface area contributed by atoms with Gasteiger partial charge in [-0.3, -0.25) is 0 Å². The smallest absolute Gasteiger partial charge is 0.0609 e. The van der Waals surface area contributed by atoms with Crippen molar-refractivity contribution in [3.05, 3.63) is 34.2 Å². The molecule has 1 aromatic rings. The molecule has 0 atom stereocenters. The van der Waals surface area contributed by atoms with E-state index in [-0.39, 0.29) is 0 Å². The van der Waals surface area contributed by atoms with E-state index in [1.165, 1.54) is 0 Å². The van der Waals surface area contributed by atoms with E-state index in [1.807, 2.05) is 19.1 Å². The topological polar surface area (TPSA) is 60.8 Å². The Hall–Kier alpha value is -1.67. The molecular weight excluding hydrogens is 152 g/mol. The summed E-state index contributed by atoms with van der Waals surface area (Å²) in [6.07, 6.45) is 0. The fraction of sp³-hybridized carbons (Fsp3) is 0.250. The average Bonchev–Trinajstić information content (AvgIpc) is 2.05. The quantitative estimate of drug-likeness (QED) is 0.405. The van der Waals surface area contributed by atoms with Gasteiger partial charge in [0.1, 0.15) is 0 Å². The van der Waals surface area contributed by atoms with Gasteiger partial charge < -0.3 is 5.32 Å². The zero-order chi connectivity index (χ0) is 8.97. The normalized spacial score (nSPS) is 8.83. The van der Waals surface area contributed by atoms with Crippen LogP contribution in [-0.2, 0) is 0 Å². The summed E-state index contributed by atoms with van der Waals surface area (Å²) in [6.45, 7) is 1.96. The van der Waals surface area contributed by atoms with Crippen LogP contribution in [0.5, 0.6) is 0 Å². The molecule has 4 heteroatoms. The Balaban J connectivity index is 3.26. The van der Waals surface area contributed by atoms with Crippen LogP contribution in [-0.4, -0.2) is 7.05 Å². The van der Waals surface area contributed by atoms with Gasteiger partial charge >= 0.3 is 0 Å². The Morgan fingerprint density at radius 3 is 2.83 bits per heavy atom. The van der Waals surface area contributed by atoms with E-state index >= 15 is 0 Å². The third-order valence-corrected chi connectivity index (χ3v) is 1.65. The van der Waals surface area contributed by atoms with Crippen molar-refractivity contribution in [1.82, 2.24) is 0 Å². The summed E-state index contributed by atoms with van der Waals surface area (Å²) in [4.78, 5) is 2.74. The molecular formula is C8H10N4. The highest BCUT2D eigenvalue weighted by molar-refractivity contribution is 5.68. The minimum atomic E-state index is 0.639. The standard InChI is InChI=1S/C8H10N4/c1-6-4-3-5-7(11-12-9)8(6)10-2/h3-5,10H,1-2H3. The minimum absolute atomic E-state index is 0.639. The van der Waals surface area contributed by atoms with Crippen LogP contribution >= 0.6 is 0 Å². The highest BCUT2D eigenvalue weighted by Gasteiger charge is 1.99. The lowest BCUT2D eigenvalue weighted by atomic mass is 10.2. The van der Waals surface area contributed by atoms with Gasteiger partial charge in [0.05, 0.1) is 5.69 Å². The molecule has 0 bridgehead atoms.